The lowest BCUT2D eigenvalue weighted by Gasteiger charge is -2.42. The molecule has 0 aromatic carbocycles. The fourth-order valence-corrected chi connectivity index (χ4v) is 3.13. The first-order chi connectivity index (χ1) is 8.22. The fourth-order valence-electron chi connectivity index (χ4n) is 3.13. The summed E-state index contributed by atoms with van der Waals surface area (Å²) in [6, 6.07) is 0.235. The predicted molar refractivity (Wildman–Crippen MR) is 65.0 cm³/mol. The Morgan fingerprint density at radius 3 is 2.88 bits per heavy atom. The third-order valence-corrected chi connectivity index (χ3v) is 4.14. The van der Waals surface area contributed by atoms with E-state index >= 15 is 0 Å². The van der Waals surface area contributed by atoms with Crippen LogP contribution in [0, 0.1) is 5.92 Å². The lowest BCUT2D eigenvalue weighted by molar-refractivity contribution is -0.147. The predicted octanol–water partition coefficient (Wildman–Crippen LogP) is 1.74. The van der Waals surface area contributed by atoms with Gasteiger partial charge >= 0.3 is 5.97 Å². The Labute approximate surface area is 103 Å². The lowest BCUT2D eigenvalue weighted by atomic mass is 9.83. The maximum absolute atomic E-state index is 11.3. The maximum Gasteiger partial charge on any atom is 0.308 e. The molecular formula is C13H23NO3. The van der Waals surface area contributed by atoms with Crippen molar-refractivity contribution in [2.24, 2.45) is 5.92 Å². The van der Waals surface area contributed by atoms with Crippen molar-refractivity contribution < 1.29 is 14.6 Å². The Balaban J connectivity index is 2.00. The summed E-state index contributed by atoms with van der Waals surface area (Å²) in [6.45, 7) is 4.68. The first kappa shape index (κ1) is 12.8. The SMILES string of the molecule is CCC1CN(C2CCCCC2C(=O)O)CCO1. The molecule has 0 aromatic heterocycles. The van der Waals surface area contributed by atoms with Gasteiger partial charge < -0.3 is 9.84 Å². The highest BCUT2D eigenvalue weighted by Crippen LogP contribution is 2.30. The van der Waals surface area contributed by atoms with E-state index in [1.807, 2.05) is 0 Å². The summed E-state index contributed by atoms with van der Waals surface area (Å²) in [5, 5.41) is 9.30. The number of nitrogens with zero attached hydrogens (tertiary/aromatic N) is 1. The van der Waals surface area contributed by atoms with Gasteiger partial charge in [0.25, 0.3) is 0 Å². The van der Waals surface area contributed by atoms with E-state index in [9.17, 15) is 9.90 Å². The van der Waals surface area contributed by atoms with Gasteiger partial charge in [-0.2, -0.15) is 0 Å². The highest BCUT2D eigenvalue weighted by Gasteiger charge is 2.36. The van der Waals surface area contributed by atoms with Gasteiger partial charge in [0.2, 0.25) is 0 Å². The molecule has 4 heteroatoms. The molecule has 2 rings (SSSR count). The molecule has 0 radical (unpaired) electrons. The van der Waals surface area contributed by atoms with Crippen LogP contribution in [-0.2, 0) is 9.53 Å². The molecule has 4 nitrogen and oxygen atoms in total. The van der Waals surface area contributed by atoms with Crippen molar-refractivity contribution in [1.82, 2.24) is 4.90 Å². The van der Waals surface area contributed by atoms with Crippen molar-refractivity contribution in [2.45, 2.75) is 51.2 Å². The van der Waals surface area contributed by atoms with E-state index in [2.05, 4.69) is 11.8 Å². The minimum atomic E-state index is -0.616. The molecule has 1 saturated carbocycles. The summed E-state index contributed by atoms with van der Waals surface area (Å²) >= 11 is 0. The molecule has 1 N–H and O–H groups in total. The van der Waals surface area contributed by atoms with Crippen LogP contribution in [0.2, 0.25) is 0 Å². The second-order valence-electron chi connectivity index (χ2n) is 5.19. The molecule has 0 bridgehead atoms. The quantitative estimate of drug-likeness (QED) is 0.817. The summed E-state index contributed by atoms with van der Waals surface area (Å²) in [6.07, 6.45) is 5.42. The molecule has 3 unspecified atom stereocenters. The van der Waals surface area contributed by atoms with Gasteiger partial charge in [0, 0.05) is 19.1 Å². The summed E-state index contributed by atoms with van der Waals surface area (Å²) in [7, 11) is 0. The molecule has 98 valence electrons. The van der Waals surface area contributed by atoms with Crippen molar-refractivity contribution in [2.75, 3.05) is 19.7 Å². The molecule has 1 aliphatic carbocycles. The number of carbonyl (C=O) groups is 1. The van der Waals surface area contributed by atoms with Crippen LogP contribution in [0.5, 0.6) is 0 Å². The molecule has 1 saturated heterocycles. The fraction of sp³-hybridized carbons (Fsp3) is 0.923. The normalized spacial score (nSPS) is 35.7. The molecule has 2 aliphatic rings. The lowest BCUT2D eigenvalue weighted by Crippen LogP contribution is -2.52. The van der Waals surface area contributed by atoms with Crippen LogP contribution in [0.3, 0.4) is 0 Å². The largest absolute Gasteiger partial charge is 0.481 e. The van der Waals surface area contributed by atoms with Gasteiger partial charge in [-0.3, -0.25) is 9.69 Å². The standard InChI is InChI=1S/C13H23NO3/c1-2-10-9-14(7-8-17-10)12-6-4-3-5-11(12)13(15)16/h10-12H,2-9H2,1H3,(H,15,16). The molecule has 17 heavy (non-hydrogen) atoms. The third-order valence-electron chi connectivity index (χ3n) is 4.14. The molecular weight excluding hydrogens is 218 g/mol. The highest BCUT2D eigenvalue weighted by molar-refractivity contribution is 5.71. The molecule has 2 fully saturated rings. The summed E-state index contributed by atoms with van der Waals surface area (Å²) in [5.74, 6) is -0.784. The summed E-state index contributed by atoms with van der Waals surface area (Å²) in [5.41, 5.74) is 0. The van der Waals surface area contributed by atoms with E-state index in [1.54, 1.807) is 0 Å². The monoisotopic (exact) mass is 241 g/mol. The molecule has 0 aromatic rings. The maximum atomic E-state index is 11.3. The van der Waals surface area contributed by atoms with Crippen LogP contribution in [0.25, 0.3) is 0 Å². The van der Waals surface area contributed by atoms with Crippen LogP contribution >= 0.6 is 0 Å². The van der Waals surface area contributed by atoms with Gasteiger partial charge in [-0.05, 0) is 19.3 Å². The van der Waals surface area contributed by atoms with E-state index in [4.69, 9.17) is 4.74 Å². The topological polar surface area (TPSA) is 49.8 Å². The van der Waals surface area contributed by atoms with Crippen LogP contribution in [0.4, 0.5) is 0 Å². The number of hydrogen-bond acceptors (Lipinski definition) is 3. The number of aliphatic carboxylic acids is 1. The Kier molecular flexibility index (Phi) is 4.40. The molecule has 1 aliphatic heterocycles. The zero-order valence-corrected chi connectivity index (χ0v) is 10.6. The van der Waals surface area contributed by atoms with Crippen LogP contribution in [0.1, 0.15) is 39.0 Å². The summed E-state index contributed by atoms with van der Waals surface area (Å²) in [4.78, 5) is 13.7. The van der Waals surface area contributed by atoms with Gasteiger partial charge in [-0.1, -0.05) is 19.8 Å². The number of rotatable bonds is 3. The van der Waals surface area contributed by atoms with Gasteiger partial charge in [0.05, 0.1) is 18.6 Å². The summed E-state index contributed by atoms with van der Waals surface area (Å²) < 4.78 is 5.65. The van der Waals surface area contributed by atoms with Crippen molar-refractivity contribution in [3.63, 3.8) is 0 Å². The minimum Gasteiger partial charge on any atom is -0.481 e. The number of morpholine rings is 1. The average Bonchev–Trinajstić information content (AvgIpc) is 2.39. The Bertz CT molecular complexity index is 269. The third kappa shape index (κ3) is 2.99. The number of ether oxygens (including phenoxy) is 1. The smallest absolute Gasteiger partial charge is 0.308 e. The molecule has 3 atom stereocenters. The van der Waals surface area contributed by atoms with Crippen molar-refractivity contribution in [3.05, 3.63) is 0 Å². The van der Waals surface area contributed by atoms with Crippen molar-refractivity contribution >= 4 is 5.97 Å². The second-order valence-corrected chi connectivity index (χ2v) is 5.19. The zero-order valence-electron chi connectivity index (χ0n) is 10.6. The molecule has 0 amide bonds. The Morgan fingerprint density at radius 1 is 1.41 bits per heavy atom. The van der Waals surface area contributed by atoms with E-state index in [-0.39, 0.29) is 12.0 Å². The van der Waals surface area contributed by atoms with Crippen LogP contribution in [0.15, 0.2) is 0 Å². The Morgan fingerprint density at radius 2 is 2.18 bits per heavy atom. The zero-order chi connectivity index (χ0) is 12.3. The molecule has 0 spiro atoms. The average molecular weight is 241 g/mol. The van der Waals surface area contributed by atoms with Crippen LogP contribution < -0.4 is 0 Å². The van der Waals surface area contributed by atoms with Gasteiger partial charge in [0.15, 0.2) is 0 Å². The van der Waals surface area contributed by atoms with Crippen molar-refractivity contribution in [1.29, 1.82) is 0 Å². The first-order valence-electron chi connectivity index (χ1n) is 6.80. The van der Waals surface area contributed by atoms with E-state index in [0.717, 1.165) is 45.4 Å². The van der Waals surface area contributed by atoms with E-state index in [0.29, 0.717) is 6.10 Å². The number of hydrogen-bond donors (Lipinski definition) is 1. The number of carboxylic acids is 1. The highest BCUT2D eigenvalue weighted by atomic mass is 16.5. The van der Waals surface area contributed by atoms with Gasteiger partial charge in [0.1, 0.15) is 0 Å². The molecule has 1 heterocycles. The van der Waals surface area contributed by atoms with E-state index in [1.165, 1.54) is 6.42 Å². The van der Waals surface area contributed by atoms with Crippen LogP contribution in [-0.4, -0.2) is 47.8 Å². The van der Waals surface area contributed by atoms with Gasteiger partial charge in [-0.15, -0.1) is 0 Å². The van der Waals surface area contributed by atoms with Crippen molar-refractivity contribution in [3.8, 4) is 0 Å². The number of carboxylic acid groups (broad SMARTS) is 1. The first-order valence-corrected chi connectivity index (χ1v) is 6.80. The Hall–Kier alpha value is -0.610. The van der Waals surface area contributed by atoms with E-state index < -0.39 is 5.97 Å². The minimum absolute atomic E-state index is 0.167. The van der Waals surface area contributed by atoms with Gasteiger partial charge in [-0.25, -0.2) is 0 Å². The second kappa shape index (κ2) is 5.83.